The molecule has 6 heteroatoms. The van der Waals surface area contributed by atoms with Gasteiger partial charge in [-0.25, -0.2) is 9.36 Å². The lowest BCUT2D eigenvalue weighted by molar-refractivity contribution is -0.118. The van der Waals surface area contributed by atoms with Crippen LogP contribution in [0.2, 0.25) is 0 Å². The number of benzene rings is 2. The van der Waals surface area contributed by atoms with Crippen LogP contribution in [0.25, 0.3) is 16.6 Å². The Hall–Kier alpha value is -3.15. The van der Waals surface area contributed by atoms with Crippen molar-refractivity contribution < 1.29 is 4.79 Å². The van der Waals surface area contributed by atoms with Crippen LogP contribution in [-0.4, -0.2) is 15.0 Å². The number of rotatable bonds is 4. The van der Waals surface area contributed by atoms with Crippen molar-refractivity contribution in [2.24, 2.45) is 5.73 Å². The molecule has 0 radical (unpaired) electrons. The van der Waals surface area contributed by atoms with Crippen LogP contribution in [-0.2, 0) is 11.3 Å². The molecule has 1 aromatic heterocycles. The Labute approximate surface area is 150 Å². The van der Waals surface area contributed by atoms with Gasteiger partial charge in [-0.05, 0) is 42.7 Å². The predicted molar refractivity (Wildman–Crippen MR) is 102 cm³/mol. The number of hydrogen-bond acceptors (Lipinski definition) is 3. The Morgan fingerprint density at radius 3 is 2.31 bits per heavy atom. The van der Waals surface area contributed by atoms with Crippen LogP contribution in [0.3, 0.4) is 0 Å². The topological polar surface area (TPSA) is 87.1 Å². The first-order chi connectivity index (χ1) is 12.3. The van der Waals surface area contributed by atoms with Crippen molar-refractivity contribution in [3.63, 3.8) is 0 Å². The maximum atomic E-state index is 13.0. The zero-order valence-electron chi connectivity index (χ0n) is 15.0. The van der Waals surface area contributed by atoms with Crippen LogP contribution in [0.4, 0.5) is 0 Å². The predicted octanol–water partition coefficient (Wildman–Crippen LogP) is 2.07. The lowest BCUT2D eigenvalue weighted by Crippen LogP contribution is -2.41. The van der Waals surface area contributed by atoms with Gasteiger partial charge < -0.3 is 5.73 Å². The second-order valence-corrected chi connectivity index (χ2v) is 6.74. The second kappa shape index (κ2) is 6.63. The third-order valence-electron chi connectivity index (χ3n) is 4.43. The lowest BCUT2D eigenvalue weighted by Gasteiger charge is -2.14. The van der Waals surface area contributed by atoms with Crippen molar-refractivity contribution in [2.75, 3.05) is 0 Å². The molecule has 26 heavy (non-hydrogen) atoms. The number of hydrogen-bond donors (Lipinski definition) is 1. The smallest absolute Gasteiger partial charge is 0.336 e. The Bertz CT molecular complexity index is 1110. The van der Waals surface area contributed by atoms with E-state index in [0.29, 0.717) is 22.5 Å². The summed E-state index contributed by atoms with van der Waals surface area (Å²) in [6.45, 7) is 5.71. The molecule has 0 saturated heterocycles. The average molecular weight is 351 g/mol. The number of carbonyl (C=O) groups excluding carboxylic acids is 1. The van der Waals surface area contributed by atoms with Gasteiger partial charge in [-0.3, -0.25) is 14.2 Å². The lowest BCUT2D eigenvalue weighted by atomic mass is 10.0. The number of fused-ring (bicyclic) bond motifs is 1. The summed E-state index contributed by atoms with van der Waals surface area (Å²) in [4.78, 5) is 37.4. The van der Waals surface area contributed by atoms with Gasteiger partial charge in [0.25, 0.3) is 5.56 Å². The highest BCUT2D eigenvalue weighted by atomic mass is 16.2. The van der Waals surface area contributed by atoms with Gasteiger partial charge in [0.1, 0.15) is 6.54 Å². The fourth-order valence-electron chi connectivity index (χ4n) is 3.03. The molecule has 0 aliphatic heterocycles. The summed E-state index contributed by atoms with van der Waals surface area (Å²) in [7, 11) is 0. The van der Waals surface area contributed by atoms with Crippen LogP contribution in [0.1, 0.15) is 30.9 Å². The minimum atomic E-state index is -0.644. The third-order valence-corrected chi connectivity index (χ3v) is 4.43. The van der Waals surface area contributed by atoms with E-state index < -0.39 is 17.2 Å². The summed E-state index contributed by atoms with van der Waals surface area (Å²) in [5.41, 5.74) is 7.18. The van der Waals surface area contributed by atoms with Crippen molar-refractivity contribution in [2.45, 2.75) is 33.2 Å². The van der Waals surface area contributed by atoms with Crippen LogP contribution in [0, 0.1) is 6.92 Å². The maximum absolute atomic E-state index is 13.0. The highest BCUT2D eigenvalue weighted by Gasteiger charge is 2.16. The standard InChI is InChI=1S/C20H21N3O3/c1-12(2)14-5-7-15(8-6-14)23-19(25)16-10-13(3)4-9-17(16)22(20(23)26)11-18(21)24/h4-10,12H,11H2,1-3H3,(H2,21,24). The first kappa shape index (κ1) is 17.7. The molecule has 0 fully saturated rings. The number of aryl methyl sites for hydroxylation is 1. The van der Waals surface area contributed by atoms with E-state index in [0.717, 1.165) is 15.7 Å². The number of aromatic nitrogens is 2. The molecule has 134 valence electrons. The molecule has 0 aliphatic rings. The number of nitrogens with two attached hydrogens (primary N) is 1. The van der Waals surface area contributed by atoms with Crippen molar-refractivity contribution in [3.8, 4) is 5.69 Å². The highest BCUT2D eigenvalue weighted by Crippen LogP contribution is 2.17. The summed E-state index contributed by atoms with van der Waals surface area (Å²) < 4.78 is 2.34. The molecule has 3 rings (SSSR count). The molecule has 0 bridgehead atoms. The summed E-state index contributed by atoms with van der Waals surface area (Å²) >= 11 is 0. The quantitative estimate of drug-likeness (QED) is 0.780. The summed E-state index contributed by atoms with van der Waals surface area (Å²) in [6.07, 6.45) is 0. The fourth-order valence-corrected chi connectivity index (χ4v) is 3.03. The van der Waals surface area contributed by atoms with E-state index in [1.807, 2.05) is 19.1 Å². The van der Waals surface area contributed by atoms with Crippen LogP contribution in [0.5, 0.6) is 0 Å². The molecule has 0 atom stereocenters. The van der Waals surface area contributed by atoms with Gasteiger partial charge in [-0.15, -0.1) is 0 Å². The van der Waals surface area contributed by atoms with Gasteiger partial charge in [0.15, 0.2) is 0 Å². The van der Waals surface area contributed by atoms with Gasteiger partial charge in [-0.1, -0.05) is 37.6 Å². The summed E-state index contributed by atoms with van der Waals surface area (Å²) in [5.74, 6) is -0.305. The van der Waals surface area contributed by atoms with Crippen LogP contribution < -0.4 is 17.0 Å². The molecule has 1 amide bonds. The van der Waals surface area contributed by atoms with Crippen LogP contribution >= 0.6 is 0 Å². The Morgan fingerprint density at radius 1 is 1.08 bits per heavy atom. The monoisotopic (exact) mass is 351 g/mol. The average Bonchev–Trinajstić information content (AvgIpc) is 2.59. The third kappa shape index (κ3) is 3.06. The molecule has 2 aromatic carbocycles. The summed E-state index contributed by atoms with van der Waals surface area (Å²) in [5, 5.41) is 0.374. The Kier molecular flexibility index (Phi) is 4.50. The molecule has 0 unspecified atom stereocenters. The molecule has 0 aliphatic carbocycles. The molecular formula is C20H21N3O3. The van der Waals surface area contributed by atoms with Gasteiger partial charge in [-0.2, -0.15) is 0 Å². The molecule has 3 aromatic rings. The van der Waals surface area contributed by atoms with Gasteiger partial charge in [0, 0.05) is 0 Å². The maximum Gasteiger partial charge on any atom is 0.336 e. The molecule has 0 saturated carbocycles. The van der Waals surface area contributed by atoms with Gasteiger partial charge >= 0.3 is 5.69 Å². The highest BCUT2D eigenvalue weighted by molar-refractivity contribution is 5.81. The number of nitrogens with zero attached hydrogens (tertiary/aromatic N) is 2. The molecule has 6 nitrogen and oxygen atoms in total. The van der Waals surface area contributed by atoms with Crippen LogP contribution in [0.15, 0.2) is 52.1 Å². The van der Waals surface area contributed by atoms with Crippen molar-refractivity contribution in [3.05, 3.63) is 74.4 Å². The number of amides is 1. The van der Waals surface area contributed by atoms with E-state index >= 15 is 0 Å². The van der Waals surface area contributed by atoms with E-state index in [1.165, 1.54) is 4.57 Å². The Morgan fingerprint density at radius 2 is 1.73 bits per heavy atom. The van der Waals surface area contributed by atoms with E-state index in [-0.39, 0.29) is 6.54 Å². The number of primary amides is 1. The van der Waals surface area contributed by atoms with E-state index in [4.69, 9.17) is 5.73 Å². The zero-order valence-corrected chi connectivity index (χ0v) is 15.0. The van der Waals surface area contributed by atoms with Crippen molar-refractivity contribution in [1.29, 1.82) is 0 Å². The number of carbonyl (C=O) groups is 1. The van der Waals surface area contributed by atoms with Crippen molar-refractivity contribution >= 4 is 16.8 Å². The molecule has 1 heterocycles. The normalized spacial score (nSPS) is 11.2. The Balaban J connectivity index is 2.36. The molecule has 0 spiro atoms. The zero-order chi connectivity index (χ0) is 19.0. The minimum absolute atomic E-state index is 0.289. The largest absolute Gasteiger partial charge is 0.368 e. The van der Waals surface area contributed by atoms with Crippen molar-refractivity contribution in [1.82, 2.24) is 9.13 Å². The van der Waals surface area contributed by atoms with E-state index in [9.17, 15) is 14.4 Å². The van der Waals surface area contributed by atoms with Gasteiger partial charge in [0.2, 0.25) is 5.91 Å². The van der Waals surface area contributed by atoms with E-state index in [2.05, 4.69) is 13.8 Å². The minimum Gasteiger partial charge on any atom is -0.368 e. The first-order valence-electron chi connectivity index (χ1n) is 8.44. The molecular weight excluding hydrogens is 330 g/mol. The second-order valence-electron chi connectivity index (χ2n) is 6.74. The molecule has 2 N–H and O–H groups in total. The van der Waals surface area contributed by atoms with E-state index in [1.54, 1.807) is 30.3 Å². The fraction of sp³-hybridized carbons (Fsp3) is 0.250. The summed E-state index contributed by atoms with van der Waals surface area (Å²) in [6, 6.07) is 12.5. The first-order valence-corrected chi connectivity index (χ1v) is 8.44. The van der Waals surface area contributed by atoms with Gasteiger partial charge in [0.05, 0.1) is 16.6 Å². The SMILES string of the molecule is Cc1ccc2c(c1)c(=O)n(-c1ccc(C(C)C)cc1)c(=O)n2CC(N)=O.